The van der Waals surface area contributed by atoms with Gasteiger partial charge in [0.2, 0.25) is 10.0 Å². The maximum absolute atomic E-state index is 11.5. The normalized spacial score (nSPS) is 11.4. The number of sulfonamides is 1. The molecule has 1 aromatic heterocycles. The van der Waals surface area contributed by atoms with Crippen LogP contribution < -0.4 is 10.5 Å². The van der Waals surface area contributed by atoms with Gasteiger partial charge in [-0.3, -0.25) is 4.98 Å². The Kier molecular flexibility index (Phi) is 3.26. The molecule has 18 heavy (non-hydrogen) atoms. The second-order valence-corrected chi connectivity index (χ2v) is 5.44. The van der Waals surface area contributed by atoms with Crippen LogP contribution in [0.15, 0.2) is 41.6 Å². The van der Waals surface area contributed by atoms with Crippen molar-refractivity contribution in [3.63, 3.8) is 0 Å². The Balaban J connectivity index is 2.36. The molecular weight excluding hydrogens is 252 g/mol. The monoisotopic (exact) mass is 264 g/mol. The summed E-state index contributed by atoms with van der Waals surface area (Å²) in [5.41, 5.74) is 6.85. The van der Waals surface area contributed by atoms with E-state index >= 15 is 0 Å². The molecule has 2 aromatic rings. The molecule has 0 amide bonds. The average molecular weight is 264 g/mol. The molecule has 2 rings (SSSR count). The summed E-state index contributed by atoms with van der Waals surface area (Å²) < 4.78 is 25.3. The van der Waals surface area contributed by atoms with E-state index < -0.39 is 10.0 Å². The topological polar surface area (TPSA) is 98.0 Å². The standard InChI is InChI=1S/C11H12N4O2S/c1-13-18(16,17)9-4-2-8(3-5-9)10-6-15-11(12)7-14-10/h2-7,13H,1H3,(H2,12,15). The molecule has 0 radical (unpaired) electrons. The second-order valence-electron chi connectivity index (χ2n) is 3.56. The highest BCUT2D eigenvalue weighted by Gasteiger charge is 2.10. The lowest BCUT2D eigenvalue weighted by Crippen LogP contribution is -2.18. The van der Waals surface area contributed by atoms with Gasteiger partial charge >= 0.3 is 0 Å². The van der Waals surface area contributed by atoms with Crippen molar-refractivity contribution in [3.05, 3.63) is 36.7 Å². The minimum absolute atomic E-state index is 0.206. The lowest BCUT2D eigenvalue weighted by molar-refractivity contribution is 0.588. The van der Waals surface area contributed by atoms with Crippen LogP contribution in [0.1, 0.15) is 0 Å². The van der Waals surface area contributed by atoms with Gasteiger partial charge in [0.05, 0.1) is 23.0 Å². The molecule has 0 bridgehead atoms. The van der Waals surface area contributed by atoms with Crippen molar-refractivity contribution in [2.24, 2.45) is 0 Å². The van der Waals surface area contributed by atoms with E-state index in [1.165, 1.54) is 31.6 Å². The number of aromatic nitrogens is 2. The molecule has 0 saturated carbocycles. The van der Waals surface area contributed by atoms with E-state index in [0.717, 1.165) is 5.56 Å². The Morgan fingerprint density at radius 2 is 1.78 bits per heavy atom. The quantitative estimate of drug-likeness (QED) is 0.847. The summed E-state index contributed by atoms with van der Waals surface area (Å²) in [6, 6.07) is 6.37. The fraction of sp³-hybridized carbons (Fsp3) is 0.0909. The van der Waals surface area contributed by atoms with Gasteiger partial charge in [-0.1, -0.05) is 12.1 Å². The molecule has 0 unspecified atom stereocenters. The number of hydrogen-bond donors (Lipinski definition) is 2. The summed E-state index contributed by atoms with van der Waals surface area (Å²) in [7, 11) is -2.04. The number of nitrogens with two attached hydrogens (primary N) is 1. The van der Waals surface area contributed by atoms with E-state index in [-0.39, 0.29) is 4.90 Å². The number of rotatable bonds is 3. The highest BCUT2D eigenvalue weighted by molar-refractivity contribution is 7.89. The molecule has 0 fully saturated rings. The van der Waals surface area contributed by atoms with Crippen LogP contribution in [0, 0.1) is 0 Å². The molecular formula is C11H12N4O2S. The fourth-order valence-electron chi connectivity index (χ4n) is 1.41. The SMILES string of the molecule is CNS(=O)(=O)c1ccc(-c2cnc(N)cn2)cc1. The van der Waals surface area contributed by atoms with Crippen molar-refractivity contribution in [1.82, 2.24) is 14.7 Å². The van der Waals surface area contributed by atoms with E-state index in [1.54, 1.807) is 12.1 Å². The van der Waals surface area contributed by atoms with E-state index in [9.17, 15) is 8.42 Å². The van der Waals surface area contributed by atoms with Crippen molar-refractivity contribution >= 4 is 15.8 Å². The Morgan fingerprint density at radius 3 is 2.28 bits per heavy atom. The third-order valence-corrected chi connectivity index (χ3v) is 3.83. The van der Waals surface area contributed by atoms with Crippen LogP contribution in [-0.4, -0.2) is 25.4 Å². The minimum Gasteiger partial charge on any atom is -0.382 e. The maximum Gasteiger partial charge on any atom is 0.240 e. The molecule has 0 aliphatic carbocycles. The Labute approximate surface area is 105 Å². The first-order valence-electron chi connectivity index (χ1n) is 5.14. The molecule has 1 aromatic carbocycles. The predicted octanol–water partition coefficient (Wildman–Crippen LogP) is 0.634. The highest BCUT2D eigenvalue weighted by atomic mass is 32.2. The molecule has 6 nitrogen and oxygen atoms in total. The van der Waals surface area contributed by atoms with Crippen LogP contribution in [0.4, 0.5) is 5.82 Å². The van der Waals surface area contributed by atoms with Crippen LogP contribution in [0.2, 0.25) is 0 Å². The first-order chi connectivity index (χ1) is 8.53. The lowest BCUT2D eigenvalue weighted by Gasteiger charge is -2.04. The van der Waals surface area contributed by atoms with Gasteiger partial charge in [-0.2, -0.15) is 0 Å². The number of nitrogens with one attached hydrogen (secondary N) is 1. The number of benzene rings is 1. The number of anilines is 1. The molecule has 7 heteroatoms. The summed E-state index contributed by atoms with van der Waals surface area (Å²) in [5.74, 6) is 0.341. The second kappa shape index (κ2) is 4.71. The molecule has 0 saturated heterocycles. The molecule has 0 atom stereocenters. The summed E-state index contributed by atoms with van der Waals surface area (Å²) in [5, 5.41) is 0. The first-order valence-corrected chi connectivity index (χ1v) is 6.63. The van der Waals surface area contributed by atoms with E-state index in [4.69, 9.17) is 5.73 Å². The highest BCUT2D eigenvalue weighted by Crippen LogP contribution is 2.18. The molecule has 1 heterocycles. The van der Waals surface area contributed by atoms with Crippen molar-refractivity contribution in [2.75, 3.05) is 12.8 Å². The van der Waals surface area contributed by atoms with Gasteiger partial charge in [-0.15, -0.1) is 0 Å². The molecule has 0 spiro atoms. The zero-order valence-electron chi connectivity index (χ0n) is 9.66. The summed E-state index contributed by atoms with van der Waals surface area (Å²) in [4.78, 5) is 8.24. The Hall–Kier alpha value is -1.99. The van der Waals surface area contributed by atoms with Crippen LogP contribution >= 0.6 is 0 Å². The van der Waals surface area contributed by atoms with Crippen LogP contribution in [0.25, 0.3) is 11.3 Å². The van der Waals surface area contributed by atoms with Crippen molar-refractivity contribution in [3.8, 4) is 11.3 Å². The van der Waals surface area contributed by atoms with Crippen molar-refractivity contribution in [1.29, 1.82) is 0 Å². The summed E-state index contributed by atoms with van der Waals surface area (Å²) in [6.45, 7) is 0. The number of nitrogens with zero attached hydrogens (tertiary/aromatic N) is 2. The summed E-state index contributed by atoms with van der Waals surface area (Å²) in [6.07, 6.45) is 2.99. The number of nitrogen functional groups attached to an aromatic ring is 1. The van der Waals surface area contributed by atoms with Crippen molar-refractivity contribution < 1.29 is 8.42 Å². The van der Waals surface area contributed by atoms with Gasteiger partial charge < -0.3 is 5.73 Å². The molecule has 0 aliphatic rings. The van der Waals surface area contributed by atoms with Crippen molar-refractivity contribution in [2.45, 2.75) is 4.90 Å². The fourth-order valence-corrected chi connectivity index (χ4v) is 2.14. The largest absolute Gasteiger partial charge is 0.382 e. The zero-order valence-corrected chi connectivity index (χ0v) is 10.5. The van der Waals surface area contributed by atoms with Crippen LogP contribution in [0.5, 0.6) is 0 Å². The Morgan fingerprint density at radius 1 is 1.11 bits per heavy atom. The van der Waals surface area contributed by atoms with E-state index in [1.807, 2.05) is 0 Å². The van der Waals surface area contributed by atoms with Gasteiger partial charge in [-0.05, 0) is 19.2 Å². The summed E-state index contributed by atoms with van der Waals surface area (Å²) >= 11 is 0. The third-order valence-electron chi connectivity index (χ3n) is 2.40. The Bertz CT molecular complexity index is 636. The predicted molar refractivity (Wildman–Crippen MR) is 68.1 cm³/mol. The smallest absolute Gasteiger partial charge is 0.240 e. The van der Waals surface area contributed by atoms with Gasteiger partial charge in [0.1, 0.15) is 5.82 Å². The first kappa shape index (κ1) is 12.5. The minimum atomic E-state index is -3.41. The third kappa shape index (κ3) is 2.47. The number of hydrogen-bond acceptors (Lipinski definition) is 5. The van der Waals surface area contributed by atoms with Gasteiger partial charge in [-0.25, -0.2) is 18.1 Å². The molecule has 3 N–H and O–H groups in total. The van der Waals surface area contributed by atoms with Gasteiger partial charge in [0.25, 0.3) is 0 Å². The van der Waals surface area contributed by atoms with Gasteiger partial charge in [0, 0.05) is 5.56 Å². The maximum atomic E-state index is 11.5. The van der Waals surface area contributed by atoms with Crippen LogP contribution in [-0.2, 0) is 10.0 Å². The van der Waals surface area contributed by atoms with E-state index in [0.29, 0.717) is 11.5 Å². The zero-order chi connectivity index (χ0) is 13.2. The molecule has 0 aliphatic heterocycles. The average Bonchev–Trinajstić information content (AvgIpc) is 2.40. The van der Waals surface area contributed by atoms with E-state index in [2.05, 4.69) is 14.7 Å². The van der Waals surface area contributed by atoms with Crippen LogP contribution in [0.3, 0.4) is 0 Å². The lowest BCUT2D eigenvalue weighted by atomic mass is 10.2. The van der Waals surface area contributed by atoms with Gasteiger partial charge in [0.15, 0.2) is 0 Å². The molecule has 94 valence electrons.